The van der Waals surface area contributed by atoms with Gasteiger partial charge in [-0.3, -0.25) is 0 Å². The van der Waals surface area contributed by atoms with E-state index in [1.165, 1.54) is 66.6 Å². The largest absolute Gasteiger partial charge is 3.00 e. The third-order valence-corrected chi connectivity index (χ3v) is 8.97. The molecule has 0 amide bonds. The molecule has 3 aromatic heterocycles. The van der Waals surface area contributed by atoms with Crippen LogP contribution in [-0.4, -0.2) is 19.9 Å². The van der Waals surface area contributed by atoms with Crippen molar-refractivity contribution in [2.75, 3.05) is 0 Å². The predicted molar refractivity (Wildman–Crippen MR) is 173 cm³/mol. The molecule has 2 aliphatic rings. The van der Waals surface area contributed by atoms with Crippen LogP contribution in [0.25, 0.3) is 44.4 Å². The van der Waals surface area contributed by atoms with Crippen molar-refractivity contribution < 1.29 is 16.5 Å². The van der Waals surface area contributed by atoms with Gasteiger partial charge in [0.2, 0.25) is 0 Å². The number of hydrogen-bond donors (Lipinski definition) is 2. The molecule has 5 rings (SSSR count). The first-order valence-electron chi connectivity index (χ1n) is 15.7. The monoisotopic (exact) mass is 592 g/mol. The molecule has 5 heterocycles. The molecule has 0 aromatic carbocycles. The van der Waals surface area contributed by atoms with Crippen LogP contribution in [0.4, 0.5) is 0 Å². The number of nitrogens with one attached hydrogen (secondary N) is 2. The number of rotatable bonds is 8. The summed E-state index contributed by atoms with van der Waals surface area (Å²) in [6.07, 6.45) is 7.84. The Morgan fingerprint density at radius 2 is 0.659 bits per heavy atom. The summed E-state index contributed by atoms with van der Waals surface area (Å²) in [6.45, 7) is 18.1. The average Bonchev–Trinajstić information content (AvgIpc) is 3.67. The van der Waals surface area contributed by atoms with E-state index in [4.69, 9.17) is 9.97 Å². The quantitative estimate of drug-likeness (QED) is 0.256. The molecule has 5 heteroatoms. The standard InChI is InChI=1S/C36H46N4.Ni/c1-9-21-22(10-2)30-18-32-25(13-5)26(14-6)34(39-32)20-36-28(16-8)27(15-7)35(40-36)19-33-24(12-4)23(11-3)31(38-33)17-29(21)37-30;/h17-20,37-38H,9-16H2,1-8H3;/q;+3. The minimum absolute atomic E-state index is 0. The molecule has 2 N–H and O–H groups in total. The molecule has 8 bridgehead atoms. The Labute approximate surface area is 256 Å². The zero-order valence-corrected chi connectivity index (χ0v) is 27.2. The van der Waals surface area contributed by atoms with Crippen LogP contribution in [0.5, 0.6) is 0 Å². The van der Waals surface area contributed by atoms with E-state index in [1.54, 1.807) is 0 Å². The second kappa shape index (κ2) is 12.9. The van der Waals surface area contributed by atoms with E-state index >= 15 is 0 Å². The van der Waals surface area contributed by atoms with E-state index in [9.17, 15) is 0 Å². The topological polar surface area (TPSA) is 57.4 Å². The van der Waals surface area contributed by atoms with Gasteiger partial charge in [0.1, 0.15) is 0 Å². The molecule has 0 spiro atoms. The molecular weight excluding hydrogens is 547 g/mol. The molecule has 41 heavy (non-hydrogen) atoms. The minimum atomic E-state index is 0. The van der Waals surface area contributed by atoms with Crippen molar-refractivity contribution in [3.8, 4) is 0 Å². The first-order chi connectivity index (χ1) is 19.5. The van der Waals surface area contributed by atoms with Gasteiger partial charge in [0.05, 0.1) is 22.8 Å². The van der Waals surface area contributed by atoms with Crippen LogP contribution in [0.1, 0.15) is 126 Å². The van der Waals surface area contributed by atoms with Crippen LogP contribution in [0.2, 0.25) is 0 Å². The Balaban J connectivity index is 0.00000387. The van der Waals surface area contributed by atoms with Crippen molar-refractivity contribution in [1.82, 2.24) is 19.9 Å². The van der Waals surface area contributed by atoms with Gasteiger partial charge in [-0.2, -0.15) is 0 Å². The van der Waals surface area contributed by atoms with Gasteiger partial charge in [-0.1, -0.05) is 55.4 Å². The average molecular weight is 593 g/mol. The van der Waals surface area contributed by atoms with Crippen molar-refractivity contribution in [2.45, 2.75) is 107 Å². The second-order valence-corrected chi connectivity index (χ2v) is 10.9. The molecule has 0 aliphatic carbocycles. The van der Waals surface area contributed by atoms with E-state index in [0.717, 1.165) is 74.1 Å². The van der Waals surface area contributed by atoms with Crippen LogP contribution in [0, 0.1) is 0 Å². The van der Waals surface area contributed by atoms with Crippen molar-refractivity contribution in [1.29, 1.82) is 0 Å². The Bertz CT molecular complexity index is 1560. The molecule has 4 nitrogen and oxygen atoms in total. The van der Waals surface area contributed by atoms with Gasteiger partial charge in [-0.15, -0.1) is 0 Å². The number of nitrogens with zero attached hydrogens (tertiary/aromatic N) is 2. The fourth-order valence-corrected chi connectivity index (χ4v) is 7.10. The van der Waals surface area contributed by atoms with Crippen molar-refractivity contribution >= 4 is 44.4 Å². The van der Waals surface area contributed by atoms with E-state index in [2.05, 4.69) is 89.6 Å². The number of aryl methyl sites for hydroxylation is 4. The fraction of sp³-hybridized carbons (Fsp3) is 0.444. The van der Waals surface area contributed by atoms with E-state index in [0.29, 0.717) is 0 Å². The maximum atomic E-state index is 5.28. The van der Waals surface area contributed by atoms with Crippen LogP contribution < -0.4 is 0 Å². The molecule has 0 saturated heterocycles. The second-order valence-electron chi connectivity index (χ2n) is 10.9. The zero-order chi connectivity index (χ0) is 28.6. The first-order valence-corrected chi connectivity index (χ1v) is 15.7. The van der Waals surface area contributed by atoms with Gasteiger partial charge in [-0.25, -0.2) is 9.97 Å². The first kappa shape index (κ1) is 31.0. The third kappa shape index (κ3) is 5.27. The Morgan fingerprint density at radius 3 is 0.927 bits per heavy atom. The Hall–Kier alpha value is -2.91. The molecule has 0 saturated carbocycles. The number of allylic oxidation sites excluding steroid dienone is 4. The smallest absolute Gasteiger partial charge is 0.355 e. The van der Waals surface area contributed by atoms with E-state index in [1.807, 2.05) is 0 Å². The van der Waals surface area contributed by atoms with Gasteiger partial charge in [-0.05, 0) is 120 Å². The molecule has 2 aliphatic heterocycles. The fourth-order valence-electron chi connectivity index (χ4n) is 7.10. The van der Waals surface area contributed by atoms with Gasteiger partial charge < -0.3 is 9.97 Å². The Kier molecular flexibility index (Phi) is 9.80. The maximum Gasteiger partial charge on any atom is 3.00 e. The minimum Gasteiger partial charge on any atom is -0.355 e. The maximum absolute atomic E-state index is 5.28. The summed E-state index contributed by atoms with van der Waals surface area (Å²) in [4.78, 5) is 18.2. The van der Waals surface area contributed by atoms with Crippen LogP contribution >= 0.6 is 0 Å². The number of fused-ring (bicyclic) bond motifs is 8. The van der Waals surface area contributed by atoms with Crippen molar-refractivity contribution in [3.05, 3.63) is 69.3 Å². The molecule has 1 radical (unpaired) electrons. The zero-order valence-electron chi connectivity index (χ0n) is 26.2. The van der Waals surface area contributed by atoms with E-state index < -0.39 is 0 Å². The summed E-state index contributed by atoms with van der Waals surface area (Å²) < 4.78 is 0. The number of aromatic nitrogens is 4. The van der Waals surface area contributed by atoms with Gasteiger partial charge in [0, 0.05) is 22.1 Å². The Morgan fingerprint density at radius 1 is 0.390 bits per heavy atom. The summed E-state index contributed by atoms with van der Waals surface area (Å²) in [5.41, 5.74) is 20.2. The van der Waals surface area contributed by atoms with Crippen LogP contribution in [-0.2, 0) is 42.2 Å². The van der Waals surface area contributed by atoms with E-state index in [-0.39, 0.29) is 16.5 Å². The summed E-state index contributed by atoms with van der Waals surface area (Å²) in [5.74, 6) is 0. The van der Waals surface area contributed by atoms with Gasteiger partial charge >= 0.3 is 16.5 Å². The molecule has 3 aromatic rings. The molecule has 0 atom stereocenters. The van der Waals surface area contributed by atoms with Gasteiger partial charge in [0.25, 0.3) is 0 Å². The summed E-state index contributed by atoms with van der Waals surface area (Å²) in [7, 11) is 0. The normalized spacial score (nSPS) is 13.3. The predicted octanol–water partition coefficient (Wildman–Crippen LogP) is 10.0. The number of hydrogen-bond acceptors (Lipinski definition) is 2. The molecule has 0 fully saturated rings. The number of aromatic amines is 2. The summed E-state index contributed by atoms with van der Waals surface area (Å²) in [6, 6.07) is 9.24. The molecule has 0 unspecified atom stereocenters. The van der Waals surface area contributed by atoms with Crippen LogP contribution in [0.3, 0.4) is 0 Å². The SMILES string of the molecule is CCC1=C(CC)c2cc3[nH]c(cc4[nH]c(cc5nc(cc1n2)C(CC)=C5CC)c(CC)c4CC)c(CC)c3CC.[Ni+3]. The summed E-state index contributed by atoms with van der Waals surface area (Å²) in [5, 5.41) is 0. The molecule has 217 valence electrons. The molecular formula is C36H46N4Ni+3. The van der Waals surface area contributed by atoms with Gasteiger partial charge in [0.15, 0.2) is 0 Å². The summed E-state index contributed by atoms with van der Waals surface area (Å²) >= 11 is 0. The van der Waals surface area contributed by atoms with Crippen molar-refractivity contribution in [2.24, 2.45) is 0 Å². The number of H-pyrrole nitrogens is 2. The third-order valence-electron chi connectivity index (χ3n) is 8.97. The van der Waals surface area contributed by atoms with Crippen LogP contribution in [0.15, 0.2) is 24.3 Å². The van der Waals surface area contributed by atoms with Crippen molar-refractivity contribution in [3.63, 3.8) is 0 Å².